The Hall–Kier alpha value is -1.26. The number of hydrogen-bond donors (Lipinski definition) is 2. The number of amidine groups is 1. The summed E-state index contributed by atoms with van der Waals surface area (Å²) < 4.78 is 0. The van der Waals surface area contributed by atoms with Gasteiger partial charge in [0.05, 0.1) is 10.7 Å². The smallest absolute Gasteiger partial charge is 0.122 e. The third-order valence-electron chi connectivity index (χ3n) is 3.01. The number of anilines is 1. The summed E-state index contributed by atoms with van der Waals surface area (Å²) in [5.41, 5.74) is 7.13. The van der Waals surface area contributed by atoms with Gasteiger partial charge in [-0.1, -0.05) is 11.6 Å². The van der Waals surface area contributed by atoms with Crippen molar-refractivity contribution < 1.29 is 0 Å². The molecule has 1 rings (SSSR count). The summed E-state index contributed by atoms with van der Waals surface area (Å²) in [5.74, 6) is 0.0455. The second kappa shape index (κ2) is 7.36. The minimum atomic E-state index is 0.0455. The predicted molar refractivity (Wildman–Crippen MR) is 83.5 cm³/mol. The molecule has 1 aromatic carbocycles. The molecule has 0 bridgehead atoms. The van der Waals surface area contributed by atoms with Gasteiger partial charge in [0.2, 0.25) is 0 Å². The summed E-state index contributed by atoms with van der Waals surface area (Å²) in [6, 6.07) is 5.55. The molecule has 19 heavy (non-hydrogen) atoms. The van der Waals surface area contributed by atoms with Crippen LogP contribution < -0.4 is 10.6 Å². The van der Waals surface area contributed by atoms with Gasteiger partial charge in [-0.25, -0.2) is 0 Å². The highest BCUT2D eigenvalue weighted by molar-refractivity contribution is 6.33. The minimum absolute atomic E-state index is 0.0455. The van der Waals surface area contributed by atoms with Crippen molar-refractivity contribution in [2.75, 3.05) is 38.6 Å². The molecular formula is C14H23ClN4. The van der Waals surface area contributed by atoms with E-state index in [4.69, 9.17) is 22.7 Å². The Labute approximate surface area is 120 Å². The maximum atomic E-state index is 7.41. The van der Waals surface area contributed by atoms with Crippen molar-refractivity contribution in [2.24, 2.45) is 5.73 Å². The topological polar surface area (TPSA) is 56.4 Å². The Kier molecular flexibility index (Phi) is 6.12. The second-order valence-corrected chi connectivity index (χ2v) is 5.22. The summed E-state index contributed by atoms with van der Waals surface area (Å²) in [6.45, 7) is 5.05. The molecule has 3 N–H and O–H groups in total. The van der Waals surface area contributed by atoms with E-state index in [9.17, 15) is 0 Å². The van der Waals surface area contributed by atoms with E-state index in [1.165, 1.54) is 0 Å². The molecule has 1 aromatic rings. The number of benzene rings is 1. The van der Waals surface area contributed by atoms with Crippen LogP contribution in [-0.2, 0) is 0 Å². The Morgan fingerprint density at radius 1 is 1.32 bits per heavy atom. The van der Waals surface area contributed by atoms with E-state index in [1.54, 1.807) is 6.07 Å². The lowest BCUT2D eigenvalue weighted by Gasteiger charge is -2.25. The van der Waals surface area contributed by atoms with E-state index in [1.807, 2.05) is 12.1 Å². The number of nitrogens with one attached hydrogen (secondary N) is 1. The van der Waals surface area contributed by atoms with Crippen LogP contribution in [0.5, 0.6) is 0 Å². The maximum Gasteiger partial charge on any atom is 0.122 e. The standard InChI is InChI=1S/C14H23ClN4/c1-4-19(9-5-8-18(2)3)13-7-6-11(14(16)17)10-12(13)15/h6-7,10H,4-5,8-9H2,1-3H3,(H3,16,17). The molecule has 0 atom stereocenters. The zero-order chi connectivity index (χ0) is 14.4. The van der Waals surface area contributed by atoms with Gasteiger partial charge in [-0.2, -0.15) is 0 Å². The average Bonchev–Trinajstić information content (AvgIpc) is 2.34. The monoisotopic (exact) mass is 282 g/mol. The third-order valence-corrected chi connectivity index (χ3v) is 3.32. The lowest BCUT2D eigenvalue weighted by atomic mass is 10.1. The SMILES string of the molecule is CCN(CCCN(C)C)c1ccc(C(=N)N)cc1Cl. The number of nitrogens with zero attached hydrogens (tertiary/aromatic N) is 2. The van der Waals surface area contributed by atoms with Crippen molar-refractivity contribution in [3.05, 3.63) is 28.8 Å². The van der Waals surface area contributed by atoms with E-state index < -0.39 is 0 Å². The molecule has 0 radical (unpaired) electrons. The Morgan fingerprint density at radius 2 is 2.00 bits per heavy atom. The summed E-state index contributed by atoms with van der Waals surface area (Å²) >= 11 is 6.28. The molecule has 0 aliphatic heterocycles. The fraction of sp³-hybridized carbons (Fsp3) is 0.500. The van der Waals surface area contributed by atoms with Gasteiger partial charge in [-0.3, -0.25) is 5.41 Å². The number of hydrogen-bond acceptors (Lipinski definition) is 3. The van der Waals surface area contributed by atoms with E-state index in [0.717, 1.165) is 31.7 Å². The first-order valence-electron chi connectivity index (χ1n) is 6.49. The molecule has 0 unspecified atom stereocenters. The quantitative estimate of drug-likeness (QED) is 0.596. The van der Waals surface area contributed by atoms with Gasteiger partial charge in [0, 0.05) is 18.7 Å². The first-order chi connectivity index (χ1) is 8.95. The van der Waals surface area contributed by atoms with Crippen molar-refractivity contribution in [2.45, 2.75) is 13.3 Å². The molecule has 0 aromatic heterocycles. The maximum absolute atomic E-state index is 7.41. The molecule has 0 spiro atoms. The highest BCUT2D eigenvalue weighted by atomic mass is 35.5. The van der Waals surface area contributed by atoms with Gasteiger partial charge in [0.25, 0.3) is 0 Å². The van der Waals surface area contributed by atoms with Gasteiger partial charge in [0.1, 0.15) is 5.84 Å². The Balaban J connectivity index is 2.78. The van der Waals surface area contributed by atoms with Crippen LogP contribution >= 0.6 is 11.6 Å². The van der Waals surface area contributed by atoms with E-state index in [0.29, 0.717) is 10.6 Å². The third kappa shape index (κ3) is 4.73. The normalized spacial score (nSPS) is 10.8. The Morgan fingerprint density at radius 3 is 2.47 bits per heavy atom. The fourth-order valence-electron chi connectivity index (χ4n) is 1.96. The van der Waals surface area contributed by atoms with Crippen molar-refractivity contribution in [3.63, 3.8) is 0 Å². The molecule has 0 aliphatic rings. The van der Waals surface area contributed by atoms with Gasteiger partial charge >= 0.3 is 0 Å². The molecule has 0 saturated heterocycles. The van der Waals surface area contributed by atoms with Crippen LogP contribution in [-0.4, -0.2) is 44.5 Å². The largest absolute Gasteiger partial charge is 0.384 e. The van der Waals surface area contributed by atoms with Gasteiger partial charge in [-0.05, 0) is 52.2 Å². The summed E-state index contributed by atoms with van der Waals surface area (Å²) in [4.78, 5) is 4.42. The van der Waals surface area contributed by atoms with Crippen LogP contribution in [0.1, 0.15) is 18.9 Å². The van der Waals surface area contributed by atoms with Crippen molar-refractivity contribution >= 4 is 23.1 Å². The predicted octanol–water partition coefficient (Wildman–Crippen LogP) is 2.40. The summed E-state index contributed by atoms with van der Waals surface area (Å²) in [6.07, 6.45) is 1.09. The first kappa shape index (κ1) is 15.8. The van der Waals surface area contributed by atoms with Crippen molar-refractivity contribution in [1.29, 1.82) is 5.41 Å². The first-order valence-corrected chi connectivity index (χ1v) is 6.87. The molecule has 106 valence electrons. The van der Waals surface area contributed by atoms with Crippen LogP contribution in [0.25, 0.3) is 0 Å². The number of rotatable bonds is 7. The molecule has 0 heterocycles. The number of halogens is 1. The van der Waals surface area contributed by atoms with Crippen LogP contribution in [0.15, 0.2) is 18.2 Å². The molecule has 0 fully saturated rings. The lowest BCUT2D eigenvalue weighted by Crippen LogP contribution is -2.27. The zero-order valence-corrected chi connectivity index (χ0v) is 12.7. The zero-order valence-electron chi connectivity index (χ0n) is 11.9. The minimum Gasteiger partial charge on any atom is -0.384 e. The van der Waals surface area contributed by atoms with Crippen LogP contribution in [0.2, 0.25) is 5.02 Å². The molecule has 0 aliphatic carbocycles. The van der Waals surface area contributed by atoms with Gasteiger partial charge < -0.3 is 15.5 Å². The van der Waals surface area contributed by atoms with Crippen LogP contribution in [0.4, 0.5) is 5.69 Å². The highest BCUT2D eigenvalue weighted by Crippen LogP contribution is 2.26. The van der Waals surface area contributed by atoms with Gasteiger partial charge in [0.15, 0.2) is 0 Å². The van der Waals surface area contributed by atoms with Crippen molar-refractivity contribution in [1.82, 2.24) is 4.90 Å². The van der Waals surface area contributed by atoms with Crippen LogP contribution in [0.3, 0.4) is 0 Å². The molecule has 0 saturated carbocycles. The van der Waals surface area contributed by atoms with E-state index >= 15 is 0 Å². The molecular weight excluding hydrogens is 260 g/mol. The van der Waals surface area contributed by atoms with Crippen LogP contribution in [0, 0.1) is 5.41 Å². The Bertz CT molecular complexity index is 431. The number of nitrogen functional groups attached to an aromatic ring is 1. The van der Waals surface area contributed by atoms with E-state index in [-0.39, 0.29) is 5.84 Å². The molecule has 4 nitrogen and oxygen atoms in total. The average molecular weight is 283 g/mol. The summed E-state index contributed by atoms with van der Waals surface area (Å²) in [7, 11) is 4.15. The lowest BCUT2D eigenvalue weighted by molar-refractivity contribution is 0.400. The van der Waals surface area contributed by atoms with Gasteiger partial charge in [-0.15, -0.1) is 0 Å². The molecule has 5 heteroatoms. The number of nitrogens with two attached hydrogens (primary N) is 1. The second-order valence-electron chi connectivity index (χ2n) is 4.82. The fourth-order valence-corrected chi connectivity index (χ4v) is 2.26. The highest BCUT2D eigenvalue weighted by Gasteiger charge is 2.10. The summed E-state index contributed by atoms with van der Waals surface area (Å²) in [5, 5.41) is 8.06. The van der Waals surface area contributed by atoms with E-state index in [2.05, 4.69) is 30.8 Å². The van der Waals surface area contributed by atoms with Crippen molar-refractivity contribution in [3.8, 4) is 0 Å². The molecule has 0 amide bonds.